The number of benzene rings is 4. The molecule has 7 rings (SSSR count). The highest BCUT2D eigenvalue weighted by Gasteiger charge is 2.62. The van der Waals surface area contributed by atoms with Crippen LogP contribution in [0.2, 0.25) is 0 Å². The molecule has 1 fully saturated rings. The van der Waals surface area contributed by atoms with Crippen molar-refractivity contribution in [1.82, 2.24) is 20.6 Å². The average molecular weight is 957 g/mol. The second-order valence-electron chi connectivity index (χ2n) is 14.2. The van der Waals surface area contributed by atoms with Crippen molar-refractivity contribution in [1.29, 1.82) is 0 Å². The molecule has 344 valence electrons. The molecule has 0 saturated carbocycles. The number of carbonyl (C=O) groups excluding carboxylic acids is 3. The van der Waals surface area contributed by atoms with Gasteiger partial charge in [0, 0.05) is 35.6 Å². The molecule has 4 amide bonds. The quantitative estimate of drug-likeness (QED) is 0.0419. The Bertz CT molecular complexity index is 2810. The number of likely N-dealkylation sites (N-methyl/N-ethyl adjacent to an activating group) is 1. The number of ether oxygens (including phenoxy) is 1. The van der Waals surface area contributed by atoms with E-state index in [0.29, 0.717) is 23.5 Å². The zero-order valence-electron chi connectivity index (χ0n) is 32.8. The fourth-order valence-corrected chi connectivity index (χ4v) is 8.32. The van der Waals surface area contributed by atoms with Crippen molar-refractivity contribution in [2.24, 2.45) is 0 Å². The lowest BCUT2D eigenvalue weighted by atomic mass is 9.91. The molecule has 1 saturated heterocycles. The molecular formula is C39H32F8N8O8S2. The molecule has 4 atom stereocenters. The van der Waals surface area contributed by atoms with E-state index in [1.807, 2.05) is 10.6 Å². The molecule has 65 heavy (non-hydrogen) atoms. The van der Waals surface area contributed by atoms with E-state index in [-0.39, 0.29) is 60.6 Å². The maximum absolute atomic E-state index is 14.6. The molecule has 10 N–H and O–H groups in total. The molecule has 6 aromatic rings. The Morgan fingerprint density at radius 2 is 1.22 bits per heavy atom. The van der Waals surface area contributed by atoms with Gasteiger partial charge in [-0.1, -0.05) is 22.7 Å². The number of carbonyl (C=O) groups is 3. The van der Waals surface area contributed by atoms with E-state index in [2.05, 4.69) is 31.2 Å². The number of aromatic nitrogens is 2. The van der Waals surface area contributed by atoms with Gasteiger partial charge in [-0.05, 0) is 85.6 Å². The minimum Gasteiger partial charge on any atom is -0.506 e. The SMILES string of the molecule is CCNC(=O)[C@@](O)(c1cc(O)c2nc(NC3OC3Nc3ccc(F)cc3CCNC(=O)[C@](O)(c3cc(O)c4nc(NC(=O)Nc5ccc(F)cc5)sc4c3)C(F)(F)F)sc2c1)C(F)(F)F. The van der Waals surface area contributed by atoms with Gasteiger partial charge in [0.2, 0.25) is 0 Å². The first-order valence-corrected chi connectivity index (χ1v) is 20.4. The molecule has 2 unspecified atom stereocenters. The van der Waals surface area contributed by atoms with Gasteiger partial charge in [-0.25, -0.2) is 23.5 Å². The van der Waals surface area contributed by atoms with Gasteiger partial charge < -0.3 is 51.7 Å². The number of alkyl halides is 6. The second kappa shape index (κ2) is 17.4. The summed E-state index contributed by atoms with van der Waals surface area (Å²) in [4.78, 5) is 46.1. The van der Waals surface area contributed by atoms with Gasteiger partial charge in [0.15, 0.2) is 22.7 Å². The van der Waals surface area contributed by atoms with Crippen LogP contribution < -0.4 is 31.9 Å². The number of anilines is 4. The molecule has 0 aliphatic carbocycles. The summed E-state index contributed by atoms with van der Waals surface area (Å²) in [6.45, 7) is 0.533. The molecule has 0 spiro atoms. The number of urea groups is 1. The Hall–Kier alpha value is -6.61. The molecule has 16 nitrogen and oxygen atoms in total. The standard InChI is InChI=1S/C39H32F8N8O8S2/c1-2-48-31(58)36(61,38(42,43)44)17-12-23(56)27-25(14-17)64-34(52-27)54-30-29(63-30)51-22-8-5-20(41)11-16(22)9-10-49-32(59)37(62,39(45,46)47)18-13-24(57)28-26(15-18)65-35(53-28)55-33(60)50-21-6-3-19(40)4-7-21/h3-8,11-15,29-30,51,56-57,61-62H,2,9-10H2,1H3,(H,48,58)(H,49,59)(H,52,54)(H2,50,53,55,60)/t29?,30?,36-,37+/m0/s1. The van der Waals surface area contributed by atoms with Crippen LogP contribution in [-0.2, 0) is 31.9 Å². The third-order valence-electron chi connectivity index (χ3n) is 9.73. The van der Waals surface area contributed by atoms with Gasteiger partial charge in [0.25, 0.3) is 23.0 Å². The molecule has 0 bridgehead atoms. The van der Waals surface area contributed by atoms with E-state index in [9.17, 15) is 69.9 Å². The molecule has 0 radical (unpaired) electrons. The first kappa shape index (κ1) is 46.4. The summed E-state index contributed by atoms with van der Waals surface area (Å²) in [6, 6.07) is 9.83. The van der Waals surface area contributed by atoms with Crippen LogP contribution in [0.15, 0.2) is 66.7 Å². The van der Waals surface area contributed by atoms with Crippen LogP contribution in [0, 0.1) is 11.6 Å². The number of rotatable bonds is 14. The zero-order chi connectivity index (χ0) is 47.2. The Balaban J connectivity index is 1.01. The minimum atomic E-state index is -5.66. The van der Waals surface area contributed by atoms with Gasteiger partial charge in [-0.2, -0.15) is 26.3 Å². The van der Waals surface area contributed by atoms with Gasteiger partial charge in [-0.15, -0.1) is 0 Å². The lowest BCUT2D eigenvalue weighted by Crippen LogP contribution is -2.54. The smallest absolute Gasteiger partial charge is 0.430 e. The van der Waals surface area contributed by atoms with E-state index < -0.39 is 94.7 Å². The Kier molecular flexibility index (Phi) is 12.4. The van der Waals surface area contributed by atoms with E-state index in [1.165, 1.54) is 25.1 Å². The molecule has 1 aliphatic rings. The third-order valence-corrected chi connectivity index (χ3v) is 11.6. The monoisotopic (exact) mass is 956 g/mol. The average Bonchev–Trinajstić information content (AvgIpc) is 3.58. The summed E-state index contributed by atoms with van der Waals surface area (Å²) in [7, 11) is 0. The fraction of sp³-hybridized carbons (Fsp3) is 0.256. The van der Waals surface area contributed by atoms with Gasteiger partial charge in [0.05, 0.1) is 9.40 Å². The first-order valence-electron chi connectivity index (χ1n) is 18.7. The molecule has 26 heteroatoms. The van der Waals surface area contributed by atoms with Crippen molar-refractivity contribution in [3.8, 4) is 11.5 Å². The minimum absolute atomic E-state index is 0.0281. The van der Waals surface area contributed by atoms with Gasteiger partial charge >= 0.3 is 18.4 Å². The third kappa shape index (κ3) is 9.33. The highest BCUT2D eigenvalue weighted by molar-refractivity contribution is 7.22. The number of nitrogens with zero attached hydrogens (tertiary/aromatic N) is 2. The van der Waals surface area contributed by atoms with Crippen molar-refractivity contribution >= 4 is 82.6 Å². The largest absolute Gasteiger partial charge is 0.506 e. The predicted octanol–water partition coefficient (Wildman–Crippen LogP) is 6.44. The fourth-order valence-electron chi connectivity index (χ4n) is 6.44. The molecular weight excluding hydrogens is 925 g/mol. The van der Waals surface area contributed by atoms with Crippen molar-refractivity contribution in [2.45, 2.75) is 49.4 Å². The van der Waals surface area contributed by atoms with Crippen molar-refractivity contribution < 1.29 is 74.7 Å². The number of halogens is 8. The van der Waals surface area contributed by atoms with Gasteiger partial charge in [-0.3, -0.25) is 14.9 Å². The van der Waals surface area contributed by atoms with Crippen LogP contribution in [0.5, 0.6) is 11.5 Å². The van der Waals surface area contributed by atoms with Crippen LogP contribution in [0.3, 0.4) is 0 Å². The number of aromatic hydroxyl groups is 2. The Morgan fingerprint density at radius 3 is 1.78 bits per heavy atom. The lowest BCUT2D eigenvalue weighted by Gasteiger charge is -2.29. The highest BCUT2D eigenvalue weighted by Crippen LogP contribution is 2.45. The van der Waals surface area contributed by atoms with Crippen LogP contribution in [-0.4, -0.2) is 86.1 Å². The Labute approximate surface area is 367 Å². The number of hydrogen-bond donors (Lipinski definition) is 10. The number of thiazole rings is 2. The maximum atomic E-state index is 14.6. The lowest BCUT2D eigenvalue weighted by molar-refractivity contribution is -0.257. The summed E-state index contributed by atoms with van der Waals surface area (Å²) in [5.74, 6) is -6.67. The number of fused-ring (bicyclic) bond motifs is 2. The molecule has 1 aliphatic heterocycles. The summed E-state index contributed by atoms with van der Waals surface area (Å²) < 4.78 is 119. The van der Waals surface area contributed by atoms with Crippen molar-refractivity contribution in [3.05, 3.63) is 95.1 Å². The van der Waals surface area contributed by atoms with Crippen molar-refractivity contribution in [3.63, 3.8) is 0 Å². The maximum Gasteiger partial charge on any atom is 0.430 e. The van der Waals surface area contributed by atoms with E-state index in [4.69, 9.17) is 4.74 Å². The predicted molar refractivity (Wildman–Crippen MR) is 219 cm³/mol. The highest BCUT2D eigenvalue weighted by atomic mass is 32.1. The molecule has 2 aromatic heterocycles. The van der Waals surface area contributed by atoms with E-state index >= 15 is 0 Å². The van der Waals surface area contributed by atoms with E-state index in [0.717, 1.165) is 47.7 Å². The summed E-state index contributed by atoms with van der Waals surface area (Å²) in [5.41, 5.74) is -10.2. The summed E-state index contributed by atoms with van der Waals surface area (Å²) in [6.07, 6.45) is -13.2. The van der Waals surface area contributed by atoms with Crippen LogP contribution >= 0.6 is 22.7 Å². The number of epoxide rings is 1. The Morgan fingerprint density at radius 1 is 0.692 bits per heavy atom. The van der Waals surface area contributed by atoms with Crippen LogP contribution in [0.1, 0.15) is 23.6 Å². The number of aliphatic hydroxyl groups is 2. The topological polar surface area (TPSA) is 243 Å². The zero-order valence-corrected chi connectivity index (χ0v) is 34.4. The molecule has 3 heterocycles. The summed E-state index contributed by atoms with van der Waals surface area (Å²) >= 11 is 1.35. The number of phenolic OH excluding ortho intramolecular Hbond substituents is 2. The normalized spacial score (nSPS) is 16.9. The summed E-state index contributed by atoms with van der Waals surface area (Å²) in [5, 5.41) is 56.9. The number of amides is 4. The number of hydrogen-bond acceptors (Lipinski definition) is 14. The van der Waals surface area contributed by atoms with Gasteiger partial charge in [0.1, 0.15) is 34.2 Å². The number of phenols is 2. The number of nitrogens with one attached hydrogen (secondary N) is 6. The second-order valence-corrected chi connectivity index (χ2v) is 16.2. The first-order chi connectivity index (χ1) is 30.5. The molecule has 4 aromatic carbocycles. The van der Waals surface area contributed by atoms with E-state index in [1.54, 1.807) is 0 Å². The van der Waals surface area contributed by atoms with Crippen LogP contribution in [0.4, 0.5) is 61.6 Å². The van der Waals surface area contributed by atoms with Crippen LogP contribution in [0.25, 0.3) is 20.4 Å². The van der Waals surface area contributed by atoms with Crippen molar-refractivity contribution in [2.75, 3.05) is 34.4 Å².